The van der Waals surface area contributed by atoms with Crippen LogP contribution in [0.15, 0.2) is 23.0 Å². The molecule has 2 N–H and O–H groups in total. The molecule has 24 heavy (non-hydrogen) atoms. The largest absolute Gasteiger partial charge is 0.358 e. The number of pyridine rings is 1. The summed E-state index contributed by atoms with van der Waals surface area (Å²) in [5, 5.41) is 3.42. The number of fused-ring (bicyclic) bond motifs is 1. The third kappa shape index (κ3) is 2.67. The Morgan fingerprint density at radius 3 is 2.83 bits per heavy atom. The molecule has 0 bridgehead atoms. The fourth-order valence-electron chi connectivity index (χ4n) is 3.74. The standard InChI is InChI=1S/C17H21N5OS/c1-11-5-4-8-14(19-11)22-15-13(16(23)20-17(22)24)9-21(10-18-15)12-6-2-3-7-12/h4-5,8,12,18H,2-3,6-7,9-10H2,1H3,(H,20,23,24). The van der Waals surface area contributed by atoms with Gasteiger partial charge in [0.15, 0.2) is 4.77 Å². The topological polar surface area (TPSA) is 66.0 Å². The van der Waals surface area contributed by atoms with E-state index >= 15 is 0 Å². The third-order valence-corrected chi connectivity index (χ3v) is 5.25. The Morgan fingerprint density at radius 1 is 1.29 bits per heavy atom. The predicted molar refractivity (Wildman–Crippen MR) is 96.0 cm³/mol. The fourth-order valence-corrected chi connectivity index (χ4v) is 4.02. The van der Waals surface area contributed by atoms with Crippen molar-refractivity contribution in [2.45, 2.75) is 45.2 Å². The van der Waals surface area contributed by atoms with Crippen LogP contribution in [0.25, 0.3) is 5.82 Å². The second kappa shape index (κ2) is 6.14. The highest BCUT2D eigenvalue weighted by molar-refractivity contribution is 7.71. The zero-order valence-electron chi connectivity index (χ0n) is 13.7. The molecule has 0 amide bonds. The Labute approximate surface area is 145 Å². The van der Waals surface area contributed by atoms with Gasteiger partial charge in [-0.15, -0.1) is 0 Å². The van der Waals surface area contributed by atoms with Gasteiger partial charge in [-0.05, 0) is 44.1 Å². The fraction of sp³-hybridized carbons (Fsp3) is 0.471. The minimum absolute atomic E-state index is 0.103. The highest BCUT2D eigenvalue weighted by atomic mass is 32.1. The summed E-state index contributed by atoms with van der Waals surface area (Å²) < 4.78 is 2.21. The van der Waals surface area contributed by atoms with Crippen molar-refractivity contribution >= 4 is 18.0 Å². The van der Waals surface area contributed by atoms with Crippen LogP contribution >= 0.6 is 12.2 Å². The van der Waals surface area contributed by atoms with Gasteiger partial charge in [0.25, 0.3) is 5.56 Å². The van der Waals surface area contributed by atoms with Crippen LogP contribution in [-0.4, -0.2) is 32.1 Å². The van der Waals surface area contributed by atoms with Gasteiger partial charge in [-0.25, -0.2) is 4.98 Å². The number of hydrogen-bond acceptors (Lipinski definition) is 5. The van der Waals surface area contributed by atoms with Gasteiger partial charge in [-0.1, -0.05) is 18.9 Å². The highest BCUT2D eigenvalue weighted by Gasteiger charge is 2.29. The summed E-state index contributed by atoms with van der Waals surface area (Å²) in [5.41, 5.74) is 1.55. The number of nitrogens with zero attached hydrogens (tertiary/aromatic N) is 3. The molecule has 1 aliphatic heterocycles. The second-order valence-corrected chi connectivity index (χ2v) is 6.97. The average molecular weight is 343 g/mol. The van der Waals surface area contributed by atoms with Gasteiger partial charge in [0.2, 0.25) is 0 Å². The lowest BCUT2D eigenvalue weighted by atomic mass is 10.1. The van der Waals surface area contributed by atoms with E-state index in [9.17, 15) is 4.79 Å². The van der Waals surface area contributed by atoms with Crippen LogP contribution in [0.4, 0.5) is 5.82 Å². The molecule has 126 valence electrons. The van der Waals surface area contributed by atoms with Crippen molar-refractivity contribution in [3.8, 4) is 5.82 Å². The smallest absolute Gasteiger partial charge is 0.258 e. The Morgan fingerprint density at radius 2 is 2.08 bits per heavy atom. The number of aryl methyl sites for hydroxylation is 1. The van der Waals surface area contributed by atoms with Gasteiger partial charge in [-0.3, -0.25) is 19.2 Å². The normalized spacial score (nSPS) is 18.4. The Bertz CT molecular complexity index is 881. The molecular formula is C17H21N5OS. The molecule has 2 aromatic heterocycles. The van der Waals surface area contributed by atoms with Crippen molar-refractivity contribution in [1.82, 2.24) is 19.4 Å². The monoisotopic (exact) mass is 343 g/mol. The van der Waals surface area contributed by atoms with E-state index in [0.717, 1.165) is 29.6 Å². The zero-order chi connectivity index (χ0) is 16.7. The third-order valence-electron chi connectivity index (χ3n) is 4.96. The molecule has 1 saturated carbocycles. The first-order valence-corrected chi connectivity index (χ1v) is 8.84. The van der Waals surface area contributed by atoms with Crippen LogP contribution in [0.2, 0.25) is 0 Å². The summed E-state index contributed by atoms with van der Waals surface area (Å²) in [7, 11) is 0. The van der Waals surface area contributed by atoms with Gasteiger partial charge in [0.05, 0.1) is 12.2 Å². The molecule has 0 unspecified atom stereocenters. The molecule has 1 fully saturated rings. The summed E-state index contributed by atoms with van der Waals surface area (Å²) in [6.45, 7) is 3.34. The van der Waals surface area contributed by atoms with E-state index in [1.54, 1.807) is 0 Å². The van der Waals surface area contributed by atoms with Crippen molar-refractivity contribution in [2.24, 2.45) is 0 Å². The Balaban J connectivity index is 1.79. The van der Waals surface area contributed by atoms with Crippen LogP contribution < -0.4 is 10.9 Å². The van der Waals surface area contributed by atoms with Gasteiger partial charge in [-0.2, -0.15) is 0 Å². The minimum atomic E-state index is -0.103. The van der Waals surface area contributed by atoms with E-state index in [4.69, 9.17) is 12.2 Å². The lowest BCUT2D eigenvalue weighted by Gasteiger charge is -2.34. The number of aromatic nitrogens is 3. The van der Waals surface area contributed by atoms with Crippen molar-refractivity contribution in [2.75, 3.05) is 12.0 Å². The first-order chi connectivity index (χ1) is 11.6. The Kier molecular flexibility index (Phi) is 3.97. The SMILES string of the molecule is Cc1cccc(-n2c3c(c(=O)[nH]c2=S)CN(C2CCCC2)CN3)n1. The van der Waals surface area contributed by atoms with E-state index in [-0.39, 0.29) is 5.56 Å². The molecule has 0 aromatic carbocycles. The molecule has 6 nitrogen and oxygen atoms in total. The maximum atomic E-state index is 12.5. The lowest BCUT2D eigenvalue weighted by Crippen LogP contribution is -2.43. The number of aromatic amines is 1. The van der Waals surface area contributed by atoms with Crippen molar-refractivity contribution < 1.29 is 0 Å². The van der Waals surface area contributed by atoms with Gasteiger partial charge >= 0.3 is 0 Å². The zero-order valence-corrected chi connectivity index (χ0v) is 14.5. The molecule has 0 saturated heterocycles. The predicted octanol–water partition coefficient (Wildman–Crippen LogP) is 2.73. The van der Waals surface area contributed by atoms with Crippen LogP contribution in [0.1, 0.15) is 36.9 Å². The first-order valence-electron chi connectivity index (χ1n) is 8.43. The van der Waals surface area contributed by atoms with Gasteiger partial charge in [0, 0.05) is 18.3 Å². The molecular weight excluding hydrogens is 322 g/mol. The van der Waals surface area contributed by atoms with E-state index < -0.39 is 0 Å². The highest BCUT2D eigenvalue weighted by Crippen LogP contribution is 2.29. The van der Waals surface area contributed by atoms with Crippen LogP contribution in [0.5, 0.6) is 0 Å². The maximum absolute atomic E-state index is 12.5. The van der Waals surface area contributed by atoms with Gasteiger partial charge in [0.1, 0.15) is 11.6 Å². The minimum Gasteiger partial charge on any atom is -0.358 e. The molecule has 4 rings (SSSR count). The maximum Gasteiger partial charge on any atom is 0.258 e. The van der Waals surface area contributed by atoms with Crippen LogP contribution in [-0.2, 0) is 6.54 Å². The summed E-state index contributed by atoms with van der Waals surface area (Å²) in [5.74, 6) is 1.51. The quantitative estimate of drug-likeness (QED) is 0.821. The van der Waals surface area contributed by atoms with Crippen molar-refractivity contribution in [3.05, 3.63) is 44.6 Å². The molecule has 3 heterocycles. The van der Waals surface area contributed by atoms with E-state index in [1.165, 1.54) is 25.7 Å². The number of H-pyrrole nitrogens is 1. The summed E-state index contributed by atoms with van der Waals surface area (Å²) in [4.78, 5) is 22.2. The average Bonchev–Trinajstić information content (AvgIpc) is 3.09. The molecule has 1 aliphatic carbocycles. The molecule has 0 atom stereocenters. The molecule has 7 heteroatoms. The number of nitrogens with one attached hydrogen (secondary N) is 2. The number of hydrogen-bond donors (Lipinski definition) is 2. The lowest BCUT2D eigenvalue weighted by molar-refractivity contribution is 0.195. The van der Waals surface area contributed by atoms with Crippen molar-refractivity contribution in [1.29, 1.82) is 0 Å². The van der Waals surface area contributed by atoms with Crippen molar-refractivity contribution in [3.63, 3.8) is 0 Å². The summed E-state index contributed by atoms with van der Waals surface area (Å²) >= 11 is 5.40. The van der Waals surface area contributed by atoms with Crippen LogP contribution in [0, 0.1) is 11.7 Å². The summed E-state index contributed by atoms with van der Waals surface area (Å²) in [6.07, 6.45) is 4.99. The van der Waals surface area contributed by atoms with Crippen LogP contribution in [0.3, 0.4) is 0 Å². The van der Waals surface area contributed by atoms with E-state index in [1.807, 2.05) is 29.7 Å². The van der Waals surface area contributed by atoms with E-state index in [0.29, 0.717) is 17.4 Å². The molecule has 0 radical (unpaired) electrons. The first kappa shape index (κ1) is 15.5. The molecule has 2 aromatic rings. The number of rotatable bonds is 2. The molecule has 2 aliphatic rings. The number of anilines is 1. The van der Waals surface area contributed by atoms with E-state index in [2.05, 4.69) is 20.2 Å². The van der Waals surface area contributed by atoms with Gasteiger partial charge < -0.3 is 5.32 Å². The second-order valence-electron chi connectivity index (χ2n) is 6.58. The molecule has 0 spiro atoms. The Hall–Kier alpha value is -1.99. The summed E-state index contributed by atoms with van der Waals surface area (Å²) in [6, 6.07) is 6.37.